The highest BCUT2D eigenvalue weighted by atomic mass is 16.5. The topological polar surface area (TPSA) is 60.2 Å². The van der Waals surface area contributed by atoms with Crippen LogP contribution in [0.1, 0.15) is 37.4 Å². The minimum atomic E-state index is 0.225. The molecule has 124 valence electrons. The molecule has 0 radical (unpaired) electrons. The molecule has 2 aromatic carbocycles. The lowest BCUT2D eigenvalue weighted by Gasteiger charge is -2.10. The van der Waals surface area contributed by atoms with Crippen LogP contribution in [0.4, 0.5) is 0 Å². The molecule has 0 aliphatic heterocycles. The number of ether oxygens (including phenoxy) is 1. The first-order chi connectivity index (χ1) is 11.7. The molecule has 1 unspecified atom stereocenters. The van der Waals surface area contributed by atoms with Gasteiger partial charge in [0.15, 0.2) is 0 Å². The summed E-state index contributed by atoms with van der Waals surface area (Å²) in [5.41, 5.74) is 2.90. The largest absolute Gasteiger partial charge is 0.508 e. The van der Waals surface area contributed by atoms with Crippen LogP contribution in [0.5, 0.6) is 11.5 Å². The Balaban J connectivity index is 1.62. The number of benzene rings is 2. The molecular formula is C19H21N3O2. The number of nitrogens with zero attached hydrogens (tertiary/aromatic N) is 3. The van der Waals surface area contributed by atoms with Crippen molar-refractivity contribution in [1.29, 1.82) is 0 Å². The summed E-state index contributed by atoms with van der Waals surface area (Å²) >= 11 is 0. The first-order valence-corrected chi connectivity index (χ1v) is 8.09. The van der Waals surface area contributed by atoms with Gasteiger partial charge in [-0.2, -0.15) is 0 Å². The van der Waals surface area contributed by atoms with E-state index < -0.39 is 0 Å². The molecule has 0 aliphatic carbocycles. The van der Waals surface area contributed by atoms with Crippen LogP contribution in [-0.2, 0) is 6.61 Å². The zero-order valence-corrected chi connectivity index (χ0v) is 13.9. The SMILES string of the molecule is CCC(C)c1ccc(OCc2cn(-c3ccc(O)cc3)nn2)cc1. The summed E-state index contributed by atoms with van der Waals surface area (Å²) < 4.78 is 7.43. The van der Waals surface area contributed by atoms with Crippen molar-refractivity contribution in [3.05, 3.63) is 66.0 Å². The van der Waals surface area contributed by atoms with Crippen LogP contribution >= 0.6 is 0 Å². The zero-order chi connectivity index (χ0) is 16.9. The molecule has 0 fully saturated rings. The molecule has 0 amide bonds. The average molecular weight is 323 g/mol. The van der Waals surface area contributed by atoms with Gasteiger partial charge in [0.1, 0.15) is 23.8 Å². The van der Waals surface area contributed by atoms with E-state index in [-0.39, 0.29) is 5.75 Å². The first kappa shape index (κ1) is 16.1. The molecule has 1 N–H and O–H groups in total. The Morgan fingerprint density at radius 3 is 2.46 bits per heavy atom. The minimum Gasteiger partial charge on any atom is -0.508 e. The van der Waals surface area contributed by atoms with E-state index in [2.05, 4.69) is 36.3 Å². The fourth-order valence-corrected chi connectivity index (χ4v) is 2.38. The summed E-state index contributed by atoms with van der Waals surface area (Å²) in [6.07, 6.45) is 2.94. The Hall–Kier alpha value is -2.82. The Morgan fingerprint density at radius 2 is 1.79 bits per heavy atom. The van der Waals surface area contributed by atoms with E-state index in [4.69, 9.17) is 4.74 Å². The molecular weight excluding hydrogens is 302 g/mol. The van der Waals surface area contributed by atoms with E-state index in [1.165, 1.54) is 5.56 Å². The van der Waals surface area contributed by atoms with Crippen molar-refractivity contribution < 1.29 is 9.84 Å². The number of hydrogen-bond donors (Lipinski definition) is 1. The number of hydrogen-bond acceptors (Lipinski definition) is 4. The predicted molar refractivity (Wildman–Crippen MR) is 92.5 cm³/mol. The van der Waals surface area contributed by atoms with Gasteiger partial charge in [-0.3, -0.25) is 0 Å². The van der Waals surface area contributed by atoms with Gasteiger partial charge in [-0.05, 0) is 54.3 Å². The average Bonchev–Trinajstić information content (AvgIpc) is 3.09. The maximum absolute atomic E-state index is 9.32. The third-order valence-electron chi connectivity index (χ3n) is 4.10. The van der Waals surface area contributed by atoms with Gasteiger partial charge in [0.25, 0.3) is 0 Å². The molecule has 5 heteroatoms. The molecule has 0 aliphatic rings. The van der Waals surface area contributed by atoms with E-state index in [0.29, 0.717) is 12.5 Å². The summed E-state index contributed by atoms with van der Waals surface area (Å²) in [6.45, 7) is 4.77. The maximum atomic E-state index is 9.32. The molecule has 1 aromatic heterocycles. The first-order valence-electron chi connectivity index (χ1n) is 8.09. The standard InChI is InChI=1S/C19H21N3O2/c1-3-14(2)15-4-10-19(11-5-15)24-13-16-12-22(21-20-16)17-6-8-18(23)9-7-17/h4-12,14,23H,3,13H2,1-2H3. The highest BCUT2D eigenvalue weighted by Gasteiger charge is 2.06. The summed E-state index contributed by atoms with van der Waals surface area (Å²) in [7, 11) is 0. The normalized spacial score (nSPS) is 12.1. The van der Waals surface area contributed by atoms with Gasteiger partial charge in [0.05, 0.1) is 11.9 Å². The second-order valence-corrected chi connectivity index (χ2v) is 5.84. The van der Waals surface area contributed by atoms with E-state index in [0.717, 1.165) is 23.6 Å². The molecule has 0 bridgehead atoms. The van der Waals surface area contributed by atoms with Crippen molar-refractivity contribution in [1.82, 2.24) is 15.0 Å². The quantitative estimate of drug-likeness (QED) is 0.743. The van der Waals surface area contributed by atoms with Crippen molar-refractivity contribution >= 4 is 0 Å². The predicted octanol–water partition coefficient (Wildman–Crippen LogP) is 4.07. The van der Waals surface area contributed by atoms with E-state index >= 15 is 0 Å². The van der Waals surface area contributed by atoms with Crippen molar-refractivity contribution in [2.24, 2.45) is 0 Å². The smallest absolute Gasteiger partial charge is 0.134 e. The van der Waals surface area contributed by atoms with Crippen LogP contribution < -0.4 is 4.74 Å². The fourth-order valence-electron chi connectivity index (χ4n) is 2.38. The number of phenolic OH excluding ortho intramolecular Hbond substituents is 1. The fraction of sp³-hybridized carbons (Fsp3) is 0.263. The molecule has 5 nitrogen and oxygen atoms in total. The van der Waals surface area contributed by atoms with Crippen LogP contribution in [0.3, 0.4) is 0 Å². The second kappa shape index (κ2) is 7.17. The molecule has 0 spiro atoms. The molecule has 3 aromatic rings. The lowest BCUT2D eigenvalue weighted by atomic mass is 9.99. The highest BCUT2D eigenvalue weighted by Crippen LogP contribution is 2.22. The van der Waals surface area contributed by atoms with Crippen molar-refractivity contribution in [3.63, 3.8) is 0 Å². The highest BCUT2D eigenvalue weighted by molar-refractivity contribution is 5.36. The second-order valence-electron chi connectivity index (χ2n) is 5.84. The Bertz CT molecular complexity index is 779. The van der Waals surface area contributed by atoms with Crippen molar-refractivity contribution in [3.8, 4) is 17.2 Å². The number of phenols is 1. The molecule has 0 saturated carbocycles. The van der Waals surface area contributed by atoms with Crippen LogP contribution in [-0.4, -0.2) is 20.1 Å². The van der Waals surface area contributed by atoms with Gasteiger partial charge >= 0.3 is 0 Å². The van der Waals surface area contributed by atoms with Crippen LogP contribution in [0, 0.1) is 0 Å². The van der Waals surface area contributed by atoms with Gasteiger partial charge in [-0.25, -0.2) is 4.68 Å². The number of rotatable bonds is 6. The molecule has 3 rings (SSSR count). The van der Waals surface area contributed by atoms with E-state index in [1.807, 2.05) is 18.3 Å². The molecule has 0 saturated heterocycles. The maximum Gasteiger partial charge on any atom is 0.134 e. The Morgan fingerprint density at radius 1 is 1.08 bits per heavy atom. The van der Waals surface area contributed by atoms with Crippen molar-refractivity contribution in [2.75, 3.05) is 0 Å². The Kier molecular flexibility index (Phi) is 4.79. The molecule has 1 atom stereocenters. The number of aromatic hydroxyl groups is 1. The van der Waals surface area contributed by atoms with Crippen LogP contribution in [0.15, 0.2) is 54.7 Å². The molecule has 1 heterocycles. The van der Waals surface area contributed by atoms with Crippen LogP contribution in [0.25, 0.3) is 5.69 Å². The summed E-state index contributed by atoms with van der Waals surface area (Å²) in [5, 5.41) is 17.5. The monoisotopic (exact) mass is 323 g/mol. The Labute approximate surface area is 141 Å². The van der Waals surface area contributed by atoms with Gasteiger partial charge in [0, 0.05) is 0 Å². The zero-order valence-electron chi connectivity index (χ0n) is 13.9. The summed E-state index contributed by atoms with van der Waals surface area (Å²) in [5.74, 6) is 1.61. The van der Waals surface area contributed by atoms with Gasteiger partial charge in [-0.1, -0.05) is 31.2 Å². The summed E-state index contributed by atoms with van der Waals surface area (Å²) in [4.78, 5) is 0. The third kappa shape index (κ3) is 3.74. The van der Waals surface area contributed by atoms with Crippen LogP contribution in [0.2, 0.25) is 0 Å². The minimum absolute atomic E-state index is 0.225. The van der Waals surface area contributed by atoms with Gasteiger partial charge in [0.2, 0.25) is 0 Å². The third-order valence-corrected chi connectivity index (χ3v) is 4.10. The van der Waals surface area contributed by atoms with Gasteiger partial charge < -0.3 is 9.84 Å². The van der Waals surface area contributed by atoms with E-state index in [1.54, 1.807) is 28.9 Å². The molecule has 24 heavy (non-hydrogen) atoms. The lowest BCUT2D eigenvalue weighted by Crippen LogP contribution is -1.97. The van der Waals surface area contributed by atoms with Gasteiger partial charge in [-0.15, -0.1) is 5.10 Å². The summed E-state index contributed by atoms with van der Waals surface area (Å²) in [6, 6.07) is 15.0. The van der Waals surface area contributed by atoms with Crippen molar-refractivity contribution in [2.45, 2.75) is 32.8 Å². The van der Waals surface area contributed by atoms with E-state index in [9.17, 15) is 5.11 Å². The number of aromatic nitrogens is 3. The lowest BCUT2D eigenvalue weighted by molar-refractivity contribution is 0.301.